The monoisotopic (exact) mass is 1060 g/mol. The Kier molecular flexibility index (Phi) is 21.1. The highest BCUT2D eigenvalue weighted by Gasteiger charge is 2.52. The van der Waals surface area contributed by atoms with Crippen molar-refractivity contribution in [3.63, 3.8) is 0 Å². The van der Waals surface area contributed by atoms with Crippen LogP contribution in [0.3, 0.4) is 0 Å². The van der Waals surface area contributed by atoms with Crippen molar-refractivity contribution in [2.45, 2.75) is 217 Å². The van der Waals surface area contributed by atoms with E-state index in [1.54, 1.807) is 52.6 Å². The van der Waals surface area contributed by atoms with Crippen LogP contribution in [-0.2, 0) is 44.4 Å². The molecule has 4 aliphatic heterocycles. The molecular weight excluding hydrogens is 972 g/mol. The molecule has 75 heavy (non-hydrogen) atoms. The van der Waals surface area contributed by atoms with E-state index >= 15 is 0 Å². The Labute approximate surface area is 445 Å². The van der Waals surface area contributed by atoms with Gasteiger partial charge < -0.3 is 73.4 Å². The van der Waals surface area contributed by atoms with Gasteiger partial charge in [-0.05, 0) is 112 Å². The molecule has 0 unspecified atom stereocenters. The molecule has 428 valence electrons. The third-order valence-electron chi connectivity index (χ3n) is 17.2. The van der Waals surface area contributed by atoms with E-state index < -0.39 is 109 Å². The molecule has 0 radical (unpaired) electrons. The second kappa shape index (κ2) is 25.9. The van der Waals surface area contributed by atoms with Gasteiger partial charge in [-0.25, -0.2) is 9.07 Å². The molecule has 0 bridgehead atoms. The first kappa shape index (κ1) is 61.3. The summed E-state index contributed by atoms with van der Waals surface area (Å²) in [6.45, 7) is 19.6. The van der Waals surface area contributed by atoms with Gasteiger partial charge in [0.25, 0.3) is 0 Å². The fraction of sp³-hybridized carbons (Fsp3) is 0.836. The zero-order chi connectivity index (χ0) is 55.3. The molecule has 0 aliphatic carbocycles. The van der Waals surface area contributed by atoms with Crippen molar-refractivity contribution < 1.29 is 67.9 Å². The van der Waals surface area contributed by atoms with Gasteiger partial charge in [-0.15, -0.1) is 5.10 Å². The third-order valence-corrected chi connectivity index (χ3v) is 17.2. The molecule has 0 saturated carbocycles. The number of carbonyl (C=O) groups is 1. The Hall–Kier alpha value is -2.96. The summed E-state index contributed by atoms with van der Waals surface area (Å²) in [5, 5.41) is 66.4. The maximum Gasteiger partial charge on any atom is 0.311 e. The molecule has 1 aromatic heterocycles. The number of anilines is 1. The van der Waals surface area contributed by atoms with Crippen LogP contribution in [0, 0.1) is 17.8 Å². The van der Waals surface area contributed by atoms with Crippen LogP contribution in [0.15, 0.2) is 30.5 Å². The van der Waals surface area contributed by atoms with Gasteiger partial charge in [0.2, 0.25) is 0 Å². The van der Waals surface area contributed by atoms with E-state index in [0.29, 0.717) is 44.6 Å². The van der Waals surface area contributed by atoms with E-state index in [1.165, 1.54) is 14.0 Å². The largest absolute Gasteiger partial charge is 0.459 e. The zero-order valence-corrected chi connectivity index (χ0v) is 47.3. The van der Waals surface area contributed by atoms with Crippen LogP contribution in [0.25, 0.3) is 0 Å². The number of methoxy groups -OCH3 is 2. The first-order valence-corrected chi connectivity index (χ1v) is 27.4. The van der Waals surface area contributed by atoms with Crippen LogP contribution in [-0.4, -0.2) is 208 Å². The minimum atomic E-state index is -1.82. The summed E-state index contributed by atoms with van der Waals surface area (Å²) in [6, 6.07) is 6.49. The van der Waals surface area contributed by atoms with Crippen LogP contribution in [0.4, 0.5) is 10.1 Å². The van der Waals surface area contributed by atoms with Crippen molar-refractivity contribution in [3.8, 4) is 0 Å². The number of ether oxygens (including phenoxy) is 7. The van der Waals surface area contributed by atoms with E-state index in [9.17, 15) is 34.7 Å². The number of hydrogen-bond donors (Lipinski definition) is 5. The Bertz CT molecular complexity index is 2090. The third kappa shape index (κ3) is 14.5. The van der Waals surface area contributed by atoms with E-state index in [2.05, 4.69) is 20.1 Å². The SMILES string of the molecule is CC[C@H]1OC(=O)[C@H](C)[C@@H](O[C@H]2C[C@@](C)(OC)[C@@H](O)[C@H](C)O2)[C@H](C)[C@@H](O[C@H]2C[C@@H](N(C)CCc3cn([C@H](CF)[C@H](OC)c4ccc(N5CC[C@@H](O)C5)cc4)nn3)C[C@@H](C)O2)[C@](C)(O)C[C@@H](C)CN(C)[C@H](C)[C@@H](O)[C@]1(C)O. The minimum Gasteiger partial charge on any atom is -0.459 e. The van der Waals surface area contributed by atoms with E-state index in [4.69, 9.17) is 33.2 Å². The maximum atomic E-state index is 14.9. The van der Waals surface area contributed by atoms with E-state index in [-0.39, 0.29) is 43.4 Å². The topological polar surface area (TPSA) is 223 Å². The first-order valence-electron chi connectivity index (χ1n) is 27.4. The molecule has 5 heterocycles. The number of carbonyl (C=O) groups excluding carboxylic acids is 1. The van der Waals surface area contributed by atoms with Crippen molar-refractivity contribution in [2.24, 2.45) is 17.8 Å². The molecule has 2 aromatic rings. The number of alkyl halides is 1. The molecule has 0 amide bonds. The zero-order valence-electron chi connectivity index (χ0n) is 47.3. The van der Waals surface area contributed by atoms with Crippen LogP contribution in [0.2, 0.25) is 0 Å². The number of benzene rings is 1. The average Bonchev–Trinajstić information content (AvgIpc) is 4.03. The summed E-state index contributed by atoms with van der Waals surface area (Å²) in [5.74, 6) is -2.57. The summed E-state index contributed by atoms with van der Waals surface area (Å²) in [6.07, 6.45) is -4.22. The highest BCUT2D eigenvalue weighted by Crippen LogP contribution is 2.41. The van der Waals surface area contributed by atoms with Crippen LogP contribution < -0.4 is 4.90 Å². The van der Waals surface area contributed by atoms with Crippen LogP contribution in [0.5, 0.6) is 0 Å². The predicted molar refractivity (Wildman–Crippen MR) is 279 cm³/mol. The highest BCUT2D eigenvalue weighted by atomic mass is 19.1. The predicted octanol–water partition coefficient (Wildman–Crippen LogP) is 4.60. The van der Waals surface area contributed by atoms with Gasteiger partial charge in [0, 0.05) is 89.5 Å². The smallest absolute Gasteiger partial charge is 0.311 e. The fourth-order valence-corrected chi connectivity index (χ4v) is 12.3. The first-order chi connectivity index (χ1) is 35.3. The lowest BCUT2D eigenvalue weighted by atomic mass is 9.77. The van der Waals surface area contributed by atoms with E-state index in [0.717, 1.165) is 24.2 Å². The molecule has 4 aliphatic rings. The van der Waals surface area contributed by atoms with Crippen LogP contribution in [0.1, 0.15) is 131 Å². The standard InChI is InChI=1S/C55H93FN6O13/c1-15-44-55(10,68)49(64)36(6)60(12)29-32(2)26-53(8,67)51(34(4)47(35(5)52(66)73-44)74-46-27-54(9,70-14)50(65)37(7)72-46)75-45-25-41(24-33(3)71-45)59(11)22-20-39-30-62(58-57-39)43(28-56)48(69-13)38-16-18-40(19-17-38)61-23-21-42(63)31-61/h16-19,30,32-37,41-51,63-65,67-68H,15,20-29,31H2,1-14H3/t32-,33-,34+,35-,36-,37+,41+,42-,43-,44-,45+,46+,47+,48-,49-,50+,51-,53-,54-,55-/m1/s1. The number of β-amino-alcohol motifs (C(OH)–C–C–N with tert-alkyl or cyclic N) is 1. The molecule has 4 saturated heterocycles. The maximum absolute atomic E-state index is 14.9. The summed E-state index contributed by atoms with van der Waals surface area (Å²) >= 11 is 0. The Morgan fingerprint density at radius 3 is 2.24 bits per heavy atom. The number of esters is 1. The summed E-state index contributed by atoms with van der Waals surface area (Å²) in [7, 11) is 6.97. The lowest BCUT2D eigenvalue weighted by molar-refractivity contribution is -0.308. The Morgan fingerprint density at radius 2 is 1.63 bits per heavy atom. The fourth-order valence-electron chi connectivity index (χ4n) is 12.3. The second-order valence-electron chi connectivity index (χ2n) is 23.4. The van der Waals surface area contributed by atoms with Crippen molar-refractivity contribution in [3.05, 3.63) is 41.7 Å². The van der Waals surface area contributed by atoms with Gasteiger partial charge in [-0.2, -0.15) is 0 Å². The molecule has 20 atom stereocenters. The number of cyclic esters (lactones) is 1. The number of hydrogen-bond acceptors (Lipinski definition) is 18. The quantitative estimate of drug-likeness (QED) is 0.145. The number of likely N-dealkylation sites (N-methyl/N-ethyl adjacent to an activating group) is 2. The highest BCUT2D eigenvalue weighted by molar-refractivity contribution is 5.73. The normalized spacial score (nSPS) is 40.0. The summed E-state index contributed by atoms with van der Waals surface area (Å²) in [4.78, 5) is 20.8. The van der Waals surface area contributed by atoms with E-state index in [1.807, 2.05) is 71.0 Å². The molecule has 1 aromatic carbocycles. The Balaban J connectivity index is 1.23. The second-order valence-corrected chi connectivity index (χ2v) is 23.4. The van der Waals surface area contributed by atoms with Crippen molar-refractivity contribution in [2.75, 3.05) is 66.1 Å². The average molecular weight is 1070 g/mol. The molecular formula is C55H93FN6O13. The molecule has 20 heteroatoms. The minimum absolute atomic E-state index is 0.0185. The number of aliphatic hydroxyl groups is 5. The summed E-state index contributed by atoms with van der Waals surface area (Å²) < 4.78 is 61.0. The number of nitrogens with zero attached hydrogens (tertiary/aromatic N) is 6. The molecule has 6 rings (SSSR count). The molecule has 5 N–H and O–H groups in total. The van der Waals surface area contributed by atoms with Gasteiger partial charge in [0.15, 0.2) is 12.6 Å². The van der Waals surface area contributed by atoms with Gasteiger partial charge in [0.1, 0.15) is 42.7 Å². The summed E-state index contributed by atoms with van der Waals surface area (Å²) in [5.41, 5.74) is -1.91. The molecule has 4 fully saturated rings. The van der Waals surface area contributed by atoms with Gasteiger partial charge in [-0.3, -0.25) is 4.79 Å². The van der Waals surface area contributed by atoms with Crippen molar-refractivity contribution in [1.29, 1.82) is 0 Å². The number of halogens is 1. The van der Waals surface area contributed by atoms with Crippen molar-refractivity contribution in [1.82, 2.24) is 24.8 Å². The van der Waals surface area contributed by atoms with Crippen molar-refractivity contribution >= 4 is 11.7 Å². The molecule has 0 spiro atoms. The Morgan fingerprint density at radius 1 is 0.933 bits per heavy atom. The number of rotatable bonds is 16. The number of aliphatic hydroxyl groups excluding tert-OH is 3. The number of aromatic nitrogens is 3. The molecule has 19 nitrogen and oxygen atoms in total. The lowest BCUT2D eigenvalue weighted by Gasteiger charge is -2.48. The van der Waals surface area contributed by atoms with Gasteiger partial charge in [0.05, 0.1) is 53.3 Å². The van der Waals surface area contributed by atoms with Gasteiger partial charge >= 0.3 is 5.97 Å². The van der Waals surface area contributed by atoms with Gasteiger partial charge in [-0.1, -0.05) is 38.1 Å². The lowest BCUT2D eigenvalue weighted by Crippen LogP contribution is -2.59. The van der Waals surface area contributed by atoms with Crippen LogP contribution >= 0.6 is 0 Å².